The van der Waals surface area contributed by atoms with Crippen LogP contribution < -0.4 is 9.47 Å². The summed E-state index contributed by atoms with van der Waals surface area (Å²) in [6.45, 7) is 0.194. The molecule has 7 nitrogen and oxygen atoms in total. The number of fused-ring (bicyclic) bond motifs is 6. The lowest BCUT2D eigenvalue weighted by Crippen LogP contribution is -2.66. The first-order chi connectivity index (χ1) is 15.2. The highest BCUT2D eigenvalue weighted by Gasteiger charge is 2.53. The van der Waals surface area contributed by atoms with Gasteiger partial charge in [0.1, 0.15) is 12.1 Å². The van der Waals surface area contributed by atoms with Crippen molar-refractivity contribution < 1.29 is 19.1 Å². The Bertz CT molecular complexity index is 1270. The number of aromatic amines is 1. The minimum atomic E-state index is -0.496. The zero-order valence-corrected chi connectivity index (χ0v) is 17.4. The van der Waals surface area contributed by atoms with Gasteiger partial charge in [-0.3, -0.25) is 9.59 Å². The Morgan fingerprint density at radius 3 is 2.81 bits per heavy atom. The number of nitrogens with one attached hydrogen (secondary N) is 1. The van der Waals surface area contributed by atoms with E-state index in [1.54, 1.807) is 16.7 Å². The second kappa shape index (κ2) is 6.20. The number of hydrogen-bond donors (Lipinski definition) is 1. The summed E-state index contributed by atoms with van der Waals surface area (Å²) >= 11 is 1.65. The zero-order chi connectivity index (χ0) is 20.7. The van der Waals surface area contributed by atoms with Crippen LogP contribution in [0.5, 0.6) is 11.5 Å². The molecule has 0 radical (unpaired) electrons. The molecule has 0 aliphatic carbocycles. The lowest BCUT2D eigenvalue weighted by Gasteiger charge is -2.48. The molecule has 1 aromatic heterocycles. The number of rotatable bonds is 1. The average molecular weight is 433 g/mol. The second-order valence-corrected chi connectivity index (χ2v) is 9.37. The Morgan fingerprint density at radius 2 is 1.87 bits per heavy atom. The maximum Gasteiger partial charge on any atom is 0.247 e. The van der Waals surface area contributed by atoms with Gasteiger partial charge in [-0.1, -0.05) is 24.3 Å². The molecule has 0 spiro atoms. The number of aromatic nitrogens is 1. The minimum absolute atomic E-state index is 0.0292. The van der Waals surface area contributed by atoms with Gasteiger partial charge < -0.3 is 24.3 Å². The molecule has 2 amide bonds. The van der Waals surface area contributed by atoms with Crippen LogP contribution in [0.3, 0.4) is 0 Å². The van der Waals surface area contributed by atoms with Gasteiger partial charge in [-0.15, -0.1) is 11.8 Å². The van der Waals surface area contributed by atoms with Crippen molar-refractivity contribution in [3.05, 3.63) is 59.3 Å². The maximum absolute atomic E-state index is 13.7. The fourth-order valence-corrected chi connectivity index (χ4v) is 6.57. The molecule has 5 heterocycles. The maximum atomic E-state index is 13.7. The van der Waals surface area contributed by atoms with Gasteiger partial charge in [0.2, 0.25) is 18.6 Å². The number of para-hydroxylation sites is 1. The molecule has 2 aromatic carbocycles. The van der Waals surface area contributed by atoms with Crippen molar-refractivity contribution in [1.82, 2.24) is 14.8 Å². The second-order valence-electron chi connectivity index (χ2n) is 8.37. The third-order valence-electron chi connectivity index (χ3n) is 6.83. The quantitative estimate of drug-likeness (QED) is 0.639. The summed E-state index contributed by atoms with van der Waals surface area (Å²) in [6.07, 6.45) is 0.527. The van der Waals surface area contributed by atoms with Crippen LogP contribution in [0.25, 0.3) is 10.9 Å². The zero-order valence-electron chi connectivity index (χ0n) is 16.5. The fourth-order valence-electron chi connectivity index (χ4n) is 5.41. The Labute approximate surface area is 182 Å². The first-order valence-electron chi connectivity index (χ1n) is 10.4. The Kier molecular flexibility index (Phi) is 3.51. The molecule has 2 saturated heterocycles. The minimum Gasteiger partial charge on any atom is -0.454 e. The van der Waals surface area contributed by atoms with Gasteiger partial charge in [0.15, 0.2) is 11.5 Å². The van der Waals surface area contributed by atoms with Crippen molar-refractivity contribution in [3.8, 4) is 11.5 Å². The number of hydrogen-bond acceptors (Lipinski definition) is 5. The van der Waals surface area contributed by atoms with E-state index in [0.29, 0.717) is 29.5 Å². The molecule has 1 N–H and O–H groups in total. The molecule has 1 unspecified atom stereocenters. The van der Waals surface area contributed by atoms with E-state index in [2.05, 4.69) is 11.1 Å². The highest BCUT2D eigenvalue weighted by Crippen LogP contribution is 2.46. The van der Waals surface area contributed by atoms with Gasteiger partial charge in [-0.25, -0.2) is 0 Å². The normalized spacial score (nSPS) is 26.3. The molecular formula is C23H19N3O4S. The van der Waals surface area contributed by atoms with E-state index in [0.717, 1.165) is 27.7 Å². The number of amides is 2. The van der Waals surface area contributed by atoms with Gasteiger partial charge in [0, 0.05) is 28.8 Å². The van der Waals surface area contributed by atoms with E-state index in [4.69, 9.17) is 9.47 Å². The van der Waals surface area contributed by atoms with Crippen LogP contribution in [0.1, 0.15) is 22.9 Å². The van der Waals surface area contributed by atoms with E-state index in [1.165, 1.54) is 0 Å². The molecule has 2 fully saturated rings. The standard InChI is InChI=1S/C23H19N3O4S/c27-22-16-8-14-13-3-1-2-4-15(13)24-20(14)21(12-5-6-18-19(7-12)30-11-29-18)26(16)23(28)17-9-31-10-25(17)22/h1-7,16-17,21,24H,8-11H2/t16-,17?,21-/m1/s1. The summed E-state index contributed by atoms with van der Waals surface area (Å²) in [6, 6.07) is 12.7. The molecule has 7 rings (SSSR count). The molecule has 156 valence electrons. The number of thioether (sulfide) groups is 1. The predicted octanol–water partition coefficient (Wildman–Crippen LogP) is 2.65. The fraction of sp³-hybridized carbons (Fsp3) is 0.304. The first kappa shape index (κ1) is 17.5. The van der Waals surface area contributed by atoms with Crippen molar-refractivity contribution in [1.29, 1.82) is 0 Å². The van der Waals surface area contributed by atoms with Gasteiger partial charge >= 0.3 is 0 Å². The molecule has 3 aromatic rings. The van der Waals surface area contributed by atoms with Crippen molar-refractivity contribution >= 4 is 34.5 Å². The number of H-pyrrole nitrogens is 1. The molecule has 8 heteroatoms. The van der Waals surface area contributed by atoms with Gasteiger partial charge in [0.05, 0.1) is 11.9 Å². The van der Waals surface area contributed by atoms with E-state index >= 15 is 0 Å². The van der Waals surface area contributed by atoms with Crippen molar-refractivity contribution in [2.24, 2.45) is 0 Å². The SMILES string of the molecule is O=C1[C@H]2Cc3c([nH]c4ccccc34)[C@@H](c3ccc4c(c3)OCO4)N2C(=O)C2CSCN12. The van der Waals surface area contributed by atoms with Crippen LogP contribution in [-0.2, 0) is 16.0 Å². The number of ether oxygens (including phenoxy) is 2. The van der Waals surface area contributed by atoms with Crippen molar-refractivity contribution in [2.75, 3.05) is 18.4 Å². The third kappa shape index (κ3) is 2.31. The number of carbonyl (C=O) groups is 2. The Morgan fingerprint density at radius 1 is 1.00 bits per heavy atom. The highest BCUT2D eigenvalue weighted by molar-refractivity contribution is 7.99. The van der Waals surface area contributed by atoms with Crippen molar-refractivity contribution in [2.45, 2.75) is 24.5 Å². The largest absolute Gasteiger partial charge is 0.454 e. The topological polar surface area (TPSA) is 74.9 Å². The van der Waals surface area contributed by atoms with E-state index in [-0.39, 0.29) is 30.7 Å². The van der Waals surface area contributed by atoms with Crippen LogP contribution in [-0.4, -0.2) is 57.1 Å². The first-order valence-corrected chi connectivity index (χ1v) is 11.6. The van der Waals surface area contributed by atoms with Crippen molar-refractivity contribution in [3.63, 3.8) is 0 Å². The molecule has 3 atom stereocenters. The van der Waals surface area contributed by atoms with Crippen LogP contribution in [0.15, 0.2) is 42.5 Å². The number of nitrogens with zero attached hydrogens (tertiary/aromatic N) is 2. The van der Waals surface area contributed by atoms with Gasteiger partial charge in [0.25, 0.3) is 0 Å². The van der Waals surface area contributed by atoms with Crippen LogP contribution in [0.2, 0.25) is 0 Å². The lowest BCUT2D eigenvalue weighted by atomic mass is 9.85. The summed E-state index contributed by atoms with van der Waals surface area (Å²) < 4.78 is 11.1. The summed E-state index contributed by atoms with van der Waals surface area (Å²) in [5.41, 5.74) is 4.04. The van der Waals surface area contributed by atoms with Gasteiger partial charge in [-0.2, -0.15) is 0 Å². The van der Waals surface area contributed by atoms with Crippen LogP contribution in [0.4, 0.5) is 0 Å². The number of carbonyl (C=O) groups excluding carboxylic acids is 2. The molecule has 31 heavy (non-hydrogen) atoms. The summed E-state index contributed by atoms with van der Waals surface area (Å²) in [5, 5.41) is 1.11. The number of piperazine rings is 1. The Hall–Kier alpha value is -3.13. The summed E-state index contributed by atoms with van der Waals surface area (Å²) in [5.74, 6) is 2.70. The highest BCUT2D eigenvalue weighted by atomic mass is 32.2. The van der Waals surface area contributed by atoms with Crippen LogP contribution >= 0.6 is 11.8 Å². The average Bonchev–Trinajstić information content (AvgIpc) is 3.53. The van der Waals surface area contributed by atoms with E-state index < -0.39 is 6.04 Å². The monoisotopic (exact) mass is 433 g/mol. The Balaban J connectivity index is 1.46. The van der Waals surface area contributed by atoms with E-state index in [1.807, 2.05) is 41.3 Å². The number of benzene rings is 2. The summed E-state index contributed by atoms with van der Waals surface area (Å²) in [7, 11) is 0. The predicted molar refractivity (Wildman–Crippen MR) is 115 cm³/mol. The van der Waals surface area contributed by atoms with E-state index in [9.17, 15) is 9.59 Å². The molecule has 4 aliphatic heterocycles. The smallest absolute Gasteiger partial charge is 0.247 e. The molecular weight excluding hydrogens is 414 g/mol. The molecule has 0 bridgehead atoms. The molecule has 0 saturated carbocycles. The van der Waals surface area contributed by atoms with Crippen LogP contribution in [0, 0.1) is 0 Å². The summed E-state index contributed by atoms with van der Waals surface area (Å²) in [4.78, 5) is 34.3. The molecule has 4 aliphatic rings. The van der Waals surface area contributed by atoms with Gasteiger partial charge in [-0.05, 0) is 29.3 Å². The lowest BCUT2D eigenvalue weighted by molar-refractivity contribution is -0.161. The third-order valence-corrected chi connectivity index (χ3v) is 7.85.